The van der Waals surface area contributed by atoms with E-state index in [0.29, 0.717) is 17.4 Å². The molecule has 0 unspecified atom stereocenters. The van der Waals surface area contributed by atoms with Crippen molar-refractivity contribution in [1.82, 2.24) is 0 Å². The van der Waals surface area contributed by atoms with Gasteiger partial charge in [-0.3, -0.25) is 0 Å². The van der Waals surface area contributed by atoms with Crippen molar-refractivity contribution in [3.8, 4) is 0 Å². The van der Waals surface area contributed by atoms with Crippen LogP contribution in [0.2, 0.25) is 0 Å². The van der Waals surface area contributed by atoms with E-state index >= 15 is 0 Å². The molecule has 0 aliphatic heterocycles. The molecular weight excluding hydrogens is 223 g/mol. The fourth-order valence-corrected chi connectivity index (χ4v) is 1.61. The summed E-state index contributed by atoms with van der Waals surface area (Å²) >= 11 is 11.4. The largest absolute Gasteiger partial charge is 0.351 e. The molecule has 0 aliphatic carbocycles. The Hall–Kier alpha value is -0.930. The average Bonchev–Trinajstić information content (AvgIpc) is 2.16. The van der Waals surface area contributed by atoms with E-state index in [4.69, 9.17) is 28.9 Å². The predicted molar refractivity (Wildman–Crippen MR) is 58.8 cm³/mol. The van der Waals surface area contributed by atoms with Crippen LogP contribution in [0.4, 0.5) is 10.5 Å². The van der Waals surface area contributed by atoms with E-state index in [9.17, 15) is 4.79 Å². The lowest BCUT2D eigenvalue weighted by molar-refractivity contribution is 0.259. The normalized spacial score (nSPS) is 9.86. The van der Waals surface area contributed by atoms with Gasteiger partial charge < -0.3 is 11.1 Å². The second-order valence-electron chi connectivity index (χ2n) is 2.74. The molecule has 0 heterocycles. The topological polar surface area (TPSA) is 55.1 Å². The fraction of sp³-hybridized carbons (Fsp3) is 0.222. The molecule has 0 saturated heterocycles. The van der Waals surface area contributed by atoms with Gasteiger partial charge in [-0.05, 0) is 23.3 Å². The molecule has 1 aromatic rings. The monoisotopic (exact) mass is 232 g/mol. The molecule has 0 aliphatic rings. The van der Waals surface area contributed by atoms with Crippen LogP contribution in [0.3, 0.4) is 0 Å². The lowest BCUT2D eigenvalue weighted by Crippen LogP contribution is -2.19. The number of anilines is 1. The van der Waals surface area contributed by atoms with Crippen LogP contribution in [-0.4, -0.2) is 6.03 Å². The summed E-state index contributed by atoms with van der Waals surface area (Å²) in [6.07, 6.45) is 0. The lowest BCUT2D eigenvalue weighted by atomic mass is 10.1. The second-order valence-corrected chi connectivity index (χ2v) is 3.27. The van der Waals surface area contributed by atoms with Crippen molar-refractivity contribution >= 4 is 34.9 Å². The SMILES string of the molecule is NC(=O)Nc1ccc(CCl)c(CCl)c1. The Morgan fingerprint density at radius 2 is 1.93 bits per heavy atom. The van der Waals surface area contributed by atoms with Crippen molar-refractivity contribution in [1.29, 1.82) is 0 Å². The molecule has 0 saturated carbocycles. The molecule has 0 bridgehead atoms. The first kappa shape index (κ1) is 11.1. The Labute approximate surface area is 92.2 Å². The van der Waals surface area contributed by atoms with Crippen LogP contribution in [0.25, 0.3) is 0 Å². The number of amides is 2. The lowest BCUT2D eigenvalue weighted by Gasteiger charge is -2.07. The molecule has 0 spiro atoms. The van der Waals surface area contributed by atoms with E-state index in [1.54, 1.807) is 12.1 Å². The fourth-order valence-electron chi connectivity index (χ4n) is 1.10. The van der Waals surface area contributed by atoms with Gasteiger partial charge in [-0.15, -0.1) is 23.2 Å². The minimum absolute atomic E-state index is 0.357. The van der Waals surface area contributed by atoms with Gasteiger partial charge in [0.25, 0.3) is 0 Å². The van der Waals surface area contributed by atoms with Crippen molar-refractivity contribution in [3.63, 3.8) is 0 Å². The van der Waals surface area contributed by atoms with Crippen LogP contribution in [0.5, 0.6) is 0 Å². The van der Waals surface area contributed by atoms with Gasteiger partial charge >= 0.3 is 6.03 Å². The van der Waals surface area contributed by atoms with E-state index < -0.39 is 6.03 Å². The van der Waals surface area contributed by atoms with E-state index in [2.05, 4.69) is 5.32 Å². The second kappa shape index (κ2) is 5.08. The summed E-state index contributed by atoms with van der Waals surface area (Å²) in [5.41, 5.74) is 7.46. The van der Waals surface area contributed by atoms with Crippen molar-refractivity contribution < 1.29 is 4.79 Å². The molecule has 0 atom stereocenters. The maximum absolute atomic E-state index is 10.6. The summed E-state index contributed by atoms with van der Waals surface area (Å²) < 4.78 is 0. The Morgan fingerprint density at radius 1 is 1.29 bits per heavy atom. The van der Waals surface area contributed by atoms with E-state index in [-0.39, 0.29) is 0 Å². The van der Waals surface area contributed by atoms with Gasteiger partial charge in [0.05, 0.1) is 0 Å². The van der Waals surface area contributed by atoms with Gasteiger partial charge in [-0.25, -0.2) is 4.79 Å². The Bertz CT molecular complexity index is 342. The van der Waals surface area contributed by atoms with Crippen LogP contribution < -0.4 is 11.1 Å². The Kier molecular flexibility index (Phi) is 4.04. The maximum Gasteiger partial charge on any atom is 0.316 e. The predicted octanol–water partition coefficient (Wildman–Crippen LogP) is 2.65. The zero-order valence-electron chi connectivity index (χ0n) is 7.39. The van der Waals surface area contributed by atoms with Crippen LogP contribution in [0.1, 0.15) is 11.1 Å². The van der Waals surface area contributed by atoms with Crippen molar-refractivity contribution in [2.24, 2.45) is 5.73 Å². The quantitative estimate of drug-likeness (QED) is 0.774. The standard InChI is InChI=1S/C9H10Cl2N2O/c10-4-6-1-2-8(13-9(12)14)3-7(6)5-11/h1-3H,4-5H2,(H3,12,13,14). The third-order valence-electron chi connectivity index (χ3n) is 1.76. The van der Waals surface area contributed by atoms with Gasteiger partial charge in [-0.1, -0.05) is 6.07 Å². The van der Waals surface area contributed by atoms with Crippen molar-refractivity contribution in [3.05, 3.63) is 29.3 Å². The number of nitrogens with two attached hydrogens (primary N) is 1. The Morgan fingerprint density at radius 3 is 2.43 bits per heavy atom. The molecule has 2 amide bonds. The molecule has 3 nitrogen and oxygen atoms in total. The molecule has 0 fully saturated rings. The zero-order chi connectivity index (χ0) is 10.6. The van der Waals surface area contributed by atoms with Crippen LogP contribution in [0.15, 0.2) is 18.2 Å². The highest BCUT2D eigenvalue weighted by atomic mass is 35.5. The third kappa shape index (κ3) is 2.79. The van der Waals surface area contributed by atoms with Gasteiger partial charge in [0.1, 0.15) is 0 Å². The number of hydrogen-bond donors (Lipinski definition) is 2. The van der Waals surface area contributed by atoms with E-state index in [1.807, 2.05) is 6.07 Å². The molecule has 14 heavy (non-hydrogen) atoms. The molecule has 0 aromatic heterocycles. The molecule has 1 aromatic carbocycles. The molecule has 0 radical (unpaired) electrons. The summed E-state index contributed by atoms with van der Waals surface area (Å²) in [4.78, 5) is 10.6. The van der Waals surface area contributed by atoms with Crippen LogP contribution >= 0.6 is 23.2 Å². The van der Waals surface area contributed by atoms with Crippen LogP contribution in [-0.2, 0) is 11.8 Å². The first-order valence-corrected chi connectivity index (χ1v) is 5.04. The van der Waals surface area contributed by atoms with Crippen molar-refractivity contribution in [2.45, 2.75) is 11.8 Å². The van der Waals surface area contributed by atoms with Gasteiger partial charge in [0.15, 0.2) is 0 Å². The maximum atomic E-state index is 10.6. The Balaban J connectivity index is 2.95. The number of halogens is 2. The number of benzene rings is 1. The van der Waals surface area contributed by atoms with Gasteiger partial charge in [0.2, 0.25) is 0 Å². The zero-order valence-corrected chi connectivity index (χ0v) is 8.90. The summed E-state index contributed by atoms with van der Waals surface area (Å²) in [6, 6.07) is 4.72. The number of carbonyl (C=O) groups excluding carboxylic acids is 1. The molecule has 5 heteroatoms. The summed E-state index contributed by atoms with van der Waals surface area (Å²) in [5, 5.41) is 2.47. The minimum atomic E-state index is -0.593. The smallest absolute Gasteiger partial charge is 0.316 e. The van der Waals surface area contributed by atoms with Gasteiger partial charge in [0, 0.05) is 17.4 Å². The highest BCUT2D eigenvalue weighted by molar-refractivity contribution is 6.18. The number of urea groups is 1. The molecule has 3 N–H and O–H groups in total. The average molecular weight is 233 g/mol. The van der Waals surface area contributed by atoms with E-state index in [1.165, 1.54) is 0 Å². The number of rotatable bonds is 3. The number of carbonyl (C=O) groups is 1. The minimum Gasteiger partial charge on any atom is -0.351 e. The highest BCUT2D eigenvalue weighted by Crippen LogP contribution is 2.19. The first-order chi connectivity index (χ1) is 6.67. The number of nitrogens with one attached hydrogen (secondary N) is 1. The summed E-state index contributed by atoms with van der Waals surface area (Å²) in [6.45, 7) is 0. The third-order valence-corrected chi connectivity index (χ3v) is 2.34. The number of alkyl halides is 2. The van der Waals surface area contributed by atoms with Crippen LogP contribution in [0, 0.1) is 0 Å². The van der Waals surface area contributed by atoms with Gasteiger partial charge in [-0.2, -0.15) is 0 Å². The first-order valence-electron chi connectivity index (χ1n) is 3.97. The highest BCUT2D eigenvalue weighted by Gasteiger charge is 2.03. The molecular formula is C9H10Cl2N2O. The number of primary amides is 1. The summed E-state index contributed by atoms with van der Waals surface area (Å²) in [7, 11) is 0. The molecule has 76 valence electrons. The number of hydrogen-bond acceptors (Lipinski definition) is 1. The van der Waals surface area contributed by atoms with Crippen molar-refractivity contribution in [2.75, 3.05) is 5.32 Å². The summed E-state index contributed by atoms with van der Waals surface area (Å²) in [5.74, 6) is 0.759. The van der Waals surface area contributed by atoms with E-state index in [0.717, 1.165) is 11.1 Å². The molecule has 1 rings (SSSR count).